The number of anilines is 2. The Balaban J connectivity index is 1.73. The number of ether oxygens (including phenoxy) is 1. The van der Waals surface area contributed by atoms with Gasteiger partial charge in [-0.05, 0) is 30.7 Å². The van der Waals surface area contributed by atoms with E-state index in [0.29, 0.717) is 4.90 Å². The van der Waals surface area contributed by atoms with Crippen molar-refractivity contribution in [1.29, 1.82) is 0 Å². The summed E-state index contributed by atoms with van der Waals surface area (Å²) >= 11 is 1.48. The molecule has 0 bridgehead atoms. The minimum atomic E-state index is -3.50. The van der Waals surface area contributed by atoms with E-state index in [2.05, 4.69) is 12.2 Å². The number of fused-ring (bicyclic) bond motifs is 2. The molecule has 0 radical (unpaired) electrons. The Hall–Kier alpha value is -1.70. The molecule has 0 amide bonds. The number of nitrogens with one attached hydrogen (secondary N) is 1. The molecule has 0 aromatic heterocycles. The molecule has 7 heteroatoms. The van der Waals surface area contributed by atoms with Gasteiger partial charge >= 0.3 is 0 Å². The highest BCUT2D eigenvalue weighted by atomic mass is 32.2. The van der Waals surface area contributed by atoms with Gasteiger partial charge in [0, 0.05) is 25.1 Å². The van der Waals surface area contributed by atoms with Crippen LogP contribution < -0.4 is 10.1 Å². The second-order valence-electron chi connectivity index (χ2n) is 7.07. The van der Waals surface area contributed by atoms with Crippen LogP contribution in [0, 0.1) is 0 Å². The Morgan fingerprint density at radius 1 is 1.04 bits per heavy atom. The van der Waals surface area contributed by atoms with Crippen molar-refractivity contribution in [3.05, 3.63) is 36.4 Å². The Labute approximate surface area is 172 Å². The van der Waals surface area contributed by atoms with Gasteiger partial charge in [-0.15, -0.1) is 0 Å². The molecule has 1 heterocycles. The Bertz CT molecular complexity index is 927. The van der Waals surface area contributed by atoms with E-state index < -0.39 is 10.0 Å². The molecule has 2 aromatic rings. The van der Waals surface area contributed by atoms with Crippen LogP contribution in [-0.4, -0.2) is 33.4 Å². The van der Waals surface area contributed by atoms with E-state index in [4.69, 9.17) is 4.74 Å². The minimum Gasteiger partial charge on any atom is -0.494 e. The second-order valence-corrected chi connectivity index (χ2v) is 10.2. The molecule has 0 spiro atoms. The van der Waals surface area contributed by atoms with E-state index in [1.165, 1.54) is 41.8 Å². The molecule has 0 unspecified atom stereocenters. The lowest BCUT2D eigenvalue weighted by Crippen LogP contribution is -2.23. The van der Waals surface area contributed by atoms with E-state index in [-0.39, 0.29) is 0 Å². The third-order valence-corrected chi connectivity index (χ3v) is 7.89. The zero-order valence-electron chi connectivity index (χ0n) is 16.7. The van der Waals surface area contributed by atoms with Crippen LogP contribution in [0.4, 0.5) is 11.4 Å². The van der Waals surface area contributed by atoms with Gasteiger partial charge in [0.15, 0.2) is 0 Å². The van der Waals surface area contributed by atoms with E-state index in [1.807, 2.05) is 24.3 Å². The first-order valence-corrected chi connectivity index (χ1v) is 12.0. The maximum Gasteiger partial charge on any atom is 0.243 e. The van der Waals surface area contributed by atoms with Gasteiger partial charge < -0.3 is 10.1 Å². The van der Waals surface area contributed by atoms with Gasteiger partial charge in [-0.2, -0.15) is 0 Å². The highest BCUT2D eigenvalue weighted by molar-refractivity contribution is 8.00. The largest absolute Gasteiger partial charge is 0.494 e. The fourth-order valence-electron chi connectivity index (χ4n) is 3.06. The summed E-state index contributed by atoms with van der Waals surface area (Å²) in [5, 5.41) is 3.37. The SMILES string of the molecule is CCCCCCCOc1ccc2c(c1)Nc1cccc(S(=O)(=O)N(C)C)c1S2. The first-order valence-electron chi connectivity index (χ1n) is 9.70. The Morgan fingerprint density at radius 2 is 1.82 bits per heavy atom. The predicted octanol–water partition coefficient (Wildman–Crippen LogP) is 5.49. The molecule has 2 aromatic carbocycles. The van der Waals surface area contributed by atoms with Crippen molar-refractivity contribution >= 4 is 33.2 Å². The number of benzene rings is 2. The lowest BCUT2D eigenvalue weighted by molar-refractivity contribution is 0.304. The molecule has 1 aliphatic heterocycles. The number of rotatable bonds is 9. The predicted molar refractivity (Wildman–Crippen MR) is 115 cm³/mol. The smallest absolute Gasteiger partial charge is 0.243 e. The van der Waals surface area contributed by atoms with Gasteiger partial charge in [0.1, 0.15) is 5.75 Å². The molecule has 28 heavy (non-hydrogen) atoms. The molecule has 0 saturated carbocycles. The zero-order chi connectivity index (χ0) is 20.1. The summed E-state index contributed by atoms with van der Waals surface area (Å²) in [5.41, 5.74) is 1.75. The summed E-state index contributed by atoms with van der Waals surface area (Å²) in [6.07, 6.45) is 6.05. The summed E-state index contributed by atoms with van der Waals surface area (Å²) in [4.78, 5) is 2.04. The van der Waals surface area contributed by atoms with E-state index in [0.717, 1.165) is 39.9 Å². The average molecular weight is 421 g/mol. The summed E-state index contributed by atoms with van der Waals surface area (Å²) in [6, 6.07) is 11.3. The van der Waals surface area contributed by atoms with Crippen LogP contribution in [0.3, 0.4) is 0 Å². The zero-order valence-corrected chi connectivity index (χ0v) is 18.3. The van der Waals surface area contributed by atoms with Gasteiger partial charge in [-0.1, -0.05) is 50.4 Å². The molecular weight excluding hydrogens is 392 g/mol. The molecule has 1 aliphatic rings. The summed E-state index contributed by atoms with van der Waals surface area (Å²) in [6.45, 7) is 2.93. The van der Waals surface area contributed by atoms with Crippen LogP contribution in [0.1, 0.15) is 39.0 Å². The van der Waals surface area contributed by atoms with Gasteiger partial charge in [0.2, 0.25) is 10.0 Å². The van der Waals surface area contributed by atoms with E-state index in [9.17, 15) is 8.42 Å². The van der Waals surface area contributed by atoms with Gasteiger partial charge in [0.25, 0.3) is 0 Å². The second kappa shape index (κ2) is 9.20. The normalized spacial score (nSPS) is 13.0. The molecule has 0 saturated heterocycles. The van der Waals surface area contributed by atoms with Crippen molar-refractivity contribution in [2.45, 2.75) is 53.7 Å². The maximum atomic E-state index is 12.6. The number of unbranched alkanes of at least 4 members (excludes halogenated alkanes) is 4. The number of hydrogen-bond acceptors (Lipinski definition) is 5. The number of hydrogen-bond donors (Lipinski definition) is 1. The van der Waals surface area contributed by atoms with Gasteiger partial charge in [-0.3, -0.25) is 0 Å². The highest BCUT2D eigenvalue weighted by Gasteiger charge is 2.27. The minimum absolute atomic E-state index is 0.325. The Kier molecular flexibility index (Phi) is 6.91. The third kappa shape index (κ3) is 4.64. The average Bonchev–Trinajstić information content (AvgIpc) is 2.68. The van der Waals surface area contributed by atoms with E-state index in [1.54, 1.807) is 26.2 Å². The van der Waals surface area contributed by atoms with Crippen LogP contribution in [0.25, 0.3) is 0 Å². The quantitative estimate of drug-likeness (QED) is 0.464. The fraction of sp³-hybridized carbons (Fsp3) is 0.429. The fourth-order valence-corrected chi connectivity index (χ4v) is 5.46. The van der Waals surface area contributed by atoms with Crippen LogP contribution >= 0.6 is 11.8 Å². The molecule has 5 nitrogen and oxygen atoms in total. The van der Waals surface area contributed by atoms with Crippen LogP contribution in [0.2, 0.25) is 0 Å². The standard InChI is InChI=1S/C21H28N2O3S2/c1-4-5-6-7-8-14-26-16-12-13-19-18(15-16)22-17-10-9-11-20(21(17)27-19)28(24,25)23(2)3/h9-13,15,22H,4-8,14H2,1-3H3. The van der Waals surface area contributed by atoms with Crippen molar-refractivity contribution in [3.8, 4) is 5.75 Å². The number of sulfonamides is 1. The molecule has 1 N–H and O–H groups in total. The first kappa shape index (κ1) is 21.0. The molecule has 0 aliphatic carbocycles. The topological polar surface area (TPSA) is 58.6 Å². The first-order chi connectivity index (χ1) is 13.4. The van der Waals surface area contributed by atoms with Gasteiger partial charge in [0.05, 0.1) is 27.8 Å². The third-order valence-electron chi connectivity index (χ3n) is 4.69. The van der Waals surface area contributed by atoms with Crippen molar-refractivity contribution in [1.82, 2.24) is 4.31 Å². The number of nitrogens with zero attached hydrogens (tertiary/aromatic N) is 1. The van der Waals surface area contributed by atoms with Crippen LogP contribution in [0.5, 0.6) is 5.75 Å². The van der Waals surface area contributed by atoms with Gasteiger partial charge in [-0.25, -0.2) is 12.7 Å². The summed E-state index contributed by atoms with van der Waals surface area (Å²) in [5.74, 6) is 0.836. The maximum absolute atomic E-state index is 12.6. The molecular formula is C21H28N2O3S2. The summed E-state index contributed by atoms with van der Waals surface area (Å²) in [7, 11) is -0.401. The monoisotopic (exact) mass is 420 g/mol. The lowest BCUT2D eigenvalue weighted by Gasteiger charge is -2.24. The lowest BCUT2D eigenvalue weighted by atomic mass is 10.2. The highest BCUT2D eigenvalue weighted by Crippen LogP contribution is 2.48. The van der Waals surface area contributed by atoms with Crippen molar-refractivity contribution in [3.63, 3.8) is 0 Å². The molecule has 152 valence electrons. The van der Waals surface area contributed by atoms with E-state index >= 15 is 0 Å². The van der Waals surface area contributed by atoms with Crippen molar-refractivity contribution in [2.75, 3.05) is 26.0 Å². The van der Waals surface area contributed by atoms with Crippen LogP contribution in [0.15, 0.2) is 51.1 Å². The molecule has 0 atom stereocenters. The summed E-state index contributed by atoms with van der Waals surface area (Å²) < 4.78 is 32.4. The molecule has 3 rings (SSSR count). The van der Waals surface area contributed by atoms with Crippen molar-refractivity contribution < 1.29 is 13.2 Å². The van der Waals surface area contributed by atoms with Crippen molar-refractivity contribution in [2.24, 2.45) is 0 Å². The Morgan fingerprint density at radius 3 is 2.57 bits per heavy atom. The van der Waals surface area contributed by atoms with Crippen LogP contribution in [-0.2, 0) is 10.0 Å². The molecule has 0 fully saturated rings.